The highest BCUT2D eigenvalue weighted by Gasteiger charge is 2.06. The number of carbonyl (C=O) groups is 1. The molecule has 0 radical (unpaired) electrons. The van der Waals surface area contributed by atoms with Gasteiger partial charge >= 0.3 is 0 Å². The highest BCUT2D eigenvalue weighted by Crippen LogP contribution is 2.03. The van der Waals surface area contributed by atoms with Gasteiger partial charge in [0.2, 0.25) is 5.91 Å². The predicted octanol–water partition coefficient (Wildman–Crippen LogP) is 0.664. The maximum absolute atomic E-state index is 11.7. The number of hydrogen-bond acceptors (Lipinski definition) is 3. The summed E-state index contributed by atoms with van der Waals surface area (Å²) in [4.78, 5) is 23.1. The van der Waals surface area contributed by atoms with E-state index in [-0.39, 0.29) is 23.9 Å². The average molecular weight is 260 g/mol. The van der Waals surface area contributed by atoms with Crippen molar-refractivity contribution in [3.05, 3.63) is 28.2 Å². The molecule has 0 aliphatic heterocycles. The van der Waals surface area contributed by atoms with E-state index < -0.39 is 0 Å². The Labute approximate surface area is 107 Å². The van der Waals surface area contributed by atoms with E-state index >= 15 is 0 Å². The van der Waals surface area contributed by atoms with Crippen molar-refractivity contribution in [3.63, 3.8) is 0 Å². The molecule has 0 saturated carbocycles. The lowest BCUT2D eigenvalue weighted by Crippen LogP contribution is -2.25. The molecule has 0 aromatic carbocycles. The topological polar surface area (TPSA) is 63.1 Å². The minimum atomic E-state index is -0.191. The first-order chi connectivity index (χ1) is 7.54. The quantitative estimate of drug-likeness (QED) is 0.835. The van der Waals surface area contributed by atoms with Crippen LogP contribution in [0.25, 0.3) is 0 Å². The zero-order valence-corrected chi connectivity index (χ0v) is 11.1. The van der Waals surface area contributed by atoms with Crippen molar-refractivity contribution < 1.29 is 4.79 Å². The second kappa shape index (κ2) is 7.09. The van der Waals surface area contributed by atoms with Gasteiger partial charge in [-0.25, -0.2) is 0 Å². The summed E-state index contributed by atoms with van der Waals surface area (Å²) in [5.41, 5.74) is 1.08. The lowest BCUT2D eigenvalue weighted by Gasteiger charge is -2.07. The number of nitrogens with zero attached hydrogens (tertiary/aromatic N) is 1. The zero-order valence-electron chi connectivity index (χ0n) is 10.2. The number of rotatable bonds is 4. The van der Waals surface area contributed by atoms with Gasteiger partial charge in [-0.2, -0.15) is 0 Å². The van der Waals surface area contributed by atoms with Crippen molar-refractivity contribution in [2.24, 2.45) is 7.05 Å². The Hall–Kier alpha value is -1.33. The summed E-state index contributed by atoms with van der Waals surface area (Å²) in [5.74, 6) is -0.156. The number of nitrogens with one attached hydrogen (secondary N) is 2. The average Bonchev–Trinajstić information content (AvgIpc) is 2.22. The van der Waals surface area contributed by atoms with E-state index in [9.17, 15) is 9.59 Å². The molecule has 1 amide bonds. The number of amides is 1. The Morgan fingerprint density at radius 2 is 2.12 bits per heavy atom. The molecule has 0 atom stereocenters. The Morgan fingerprint density at radius 3 is 2.71 bits per heavy atom. The molecular weight excluding hydrogens is 242 g/mol. The van der Waals surface area contributed by atoms with Crippen LogP contribution in [0, 0.1) is 6.92 Å². The fourth-order valence-electron chi connectivity index (χ4n) is 1.42. The number of halogens is 1. The third-order valence-electron chi connectivity index (χ3n) is 2.20. The van der Waals surface area contributed by atoms with Crippen LogP contribution >= 0.6 is 12.4 Å². The molecule has 6 heteroatoms. The molecule has 2 N–H and O–H groups in total. The second-order valence-electron chi connectivity index (χ2n) is 3.75. The molecule has 5 nitrogen and oxygen atoms in total. The van der Waals surface area contributed by atoms with E-state index in [0.717, 1.165) is 5.56 Å². The van der Waals surface area contributed by atoms with E-state index in [1.807, 2.05) is 6.92 Å². The van der Waals surface area contributed by atoms with Gasteiger partial charge in [0.1, 0.15) is 5.69 Å². The standard InChI is InChI=1S/C11H17N3O2.ClH/c1-8-6-9(11(16)14(3)7-8)13-10(15)4-5-12-2;/h6-7,12H,4-5H2,1-3H3,(H,13,15);1H. The summed E-state index contributed by atoms with van der Waals surface area (Å²) in [5, 5.41) is 5.49. The minimum absolute atomic E-state index is 0. The minimum Gasteiger partial charge on any atom is -0.321 e. The van der Waals surface area contributed by atoms with Gasteiger partial charge in [0.15, 0.2) is 0 Å². The highest BCUT2D eigenvalue weighted by atomic mass is 35.5. The van der Waals surface area contributed by atoms with Crippen LogP contribution in [0.2, 0.25) is 0 Å². The molecular formula is C11H18ClN3O2. The summed E-state index contributed by atoms with van der Waals surface area (Å²) in [6.45, 7) is 2.47. The van der Waals surface area contributed by atoms with Crippen LogP contribution in [0.3, 0.4) is 0 Å². The Morgan fingerprint density at radius 1 is 1.47 bits per heavy atom. The number of pyridine rings is 1. The van der Waals surface area contributed by atoms with Gasteiger partial charge in [-0.15, -0.1) is 12.4 Å². The van der Waals surface area contributed by atoms with Crippen molar-refractivity contribution in [2.45, 2.75) is 13.3 Å². The van der Waals surface area contributed by atoms with Crippen LogP contribution < -0.4 is 16.2 Å². The van der Waals surface area contributed by atoms with Crippen molar-refractivity contribution in [1.82, 2.24) is 9.88 Å². The fourth-order valence-corrected chi connectivity index (χ4v) is 1.42. The Bertz CT molecular complexity index is 443. The lowest BCUT2D eigenvalue weighted by molar-refractivity contribution is -0.116. The number of aryl methyl sites for hydroxylation is 2. The predicted molar refractivity (Wildman–Crippen MR) is 70.8 cm³/mol. The van der Waals surface area contributed by atoms with Crippen molar-refractivity contribution in [2.75, 3.05) is 18.9 Å². The van der Waals surface area contributed by atoms with Gasteiger partial charge < -0.3 is 15.2 Å². The van der Waals surface area contributed by atoms with Gasteiger partial charge in [0.25, 0.3) is 5.56 Å². The van der Waals surface area contributed by atoms with Gasteiger partial charge in [-0.05, 0) is 25.6 Å². The van der Waals surface area contributed by atoms with Crippen LogP contribution in [-0.2, 0) is 11.8 Å². The molecule has 1 heterocycles. The summed E-state index contributed by atoms with van der Waals surface area (Å²) >= 11 is 0. The van der Waals surface area contributed by atoms with Crippen LogP contribution in [0.15, 0.2) is 17.1 Å². The van der Waals surface area contributed by atoms with E-state index in [4.69, 9.17) is 0 Å². The van der Waals surface area contributed by atoms with Crippen molar-refractivity contribution in [1.29, 1.82) is 0 Å². The van der Waals surface area contributed by atoms with Crippen LogP contribution in [0.4, 0.5) is 5.69 Å². The van der Waals surface area contributed by atoms with E-state index in [0.29, 0.717) is 18.7 Å². The molecule has 0 saturated heterocycles. The molecule has 0 unspecified atom stereocenters. The highest BCUT2D eigenvalue weighted by molar-refractivity contribution is 5.90. The zero-order chi connectivity index (χ0) is 12.1. The molecule has 0 bridgehead atoms. The SMILES string of the molecule is CNCCC(=O)Nc1cc(C)cn(C)c1=O.Cl. The number of aromatic nitrogens is 1. The third-order valence-corrected chi connectivity index (χ3v) is 2.20. The van der Waals surface area contributed by atoms with Crippen molar-refractivity contribution in [3.8, 4) is 0 Å². The van der Waals surface area contributed by atoms with Gasteiger partial charge in [-0.1, -0.05) is 0 Å². The monoisotopic (exact) mass is 259 g/mol. The molecule has 1 aromatic rings. The van der Waals surface area contributed by atoms with Crippen molar-refractivity contribution >= 4 is 24.0 Å². The van der Waals surface area contributed by atoms with E-state index in [2.05, 4.69) is 10.6 Å². The summed E-state index contributed by atoms with van der Waals surface area (Å²) in [6.07, 6.45) is 2.08. The first kappa shape index (κ1) is 15.7. The molecule has 0 fully saturated rings. The molecule has 1 rings (SSSR count). The largest absolute Gasteiger partial charge is 0.321 e. The van der Waals surface area contributed by atoms with Gasteiger partial charge in [0, 0.05) is 26.2 Å². The van der Waals surface area contributed by atoms with E-state index in [1.165, 1.54) is 4.57 Å². The first-order valence-electron chi connectivity index (χ1n) is 5.16. The molecule has 0 aliphatic carbocycles. The summed E-state index contributed by atoms with van der Waals surface area (Å²) in [7, 11) is 3.44. The maximum atomic E-state index is 11.7. The molecule has 0 aliphatic rings. The third kappa shape index (κ3) is 4.58. The lowest BCUT2D eigenvalue weighted by atomic mass is 10.2. The van der Waals surface area contributed by atoms with Crippen LogP contribution in [-0.4, -0.2) is 24.1 Å². The number of hydrogen-bond donors (Lipinski definition) is 2. The smallest absolute Gasteiger partial charge is 0.274 e. The van der Waals surface area contributed by atoms with Gasteiger partial charge in [0.05, 0.1) is 0 Å². The van der Waals surface area contributed by atoms with Crippen LogP contribution in [0.1, 0.15) is 12.0 Å². The Kier molecular flexibility index (Phi) is 6.53. The molecule has 17 heavy (non-hydrogen) atoms. The molecule has 96 valence electrons. The van der Waals surface area contributed by atoms with E-state index in [1.54, 1.807) is 26.4 Å². The maximum Gasteiger partial charge on any atom is 0.274 e. The first-order valence-corrected chi connectivity index (χ1v) is 5.16. The molecule has 0 spiro atoms. The number of anilines is 1. The molecule has 1 aromatic heterocycles. The fraction of sp³-hybridized carbons (Fsp3) is 0.455. The Balaban J connectivity index is 0.00000256. The number of carbonyl (C=O) groups excluding carboxylic acids is 1. The normalized spacial score (nSPS) is 9.59. The van der Waals surface area contributed by atoms with Gasteiger partial charge in [-0.3, -0.25) is 9.59 Å². The summed E-state index contributed by atoms with van der Waals surface area (Å²) in [6, 6.07) is 1.68. The van der Waals surface area contributed by atoms with Crippen LogP contribution in [0.5, 0.6) is 0 Å². The second-order valence-corrected chi connectivity index (χ2v) is 3.75. The summed E-state index contributed by atoms with van der Waals surface area (Å²) < 4.78 is 1.46.